The summed E-state index contributed by atoms with van der Waals surface area (Å²) in [6.07, 6.45) is 3.50. The van der Waals surface area contributed by atoms with Crippen LogP contribution in [0.3, 0.4) is 0 Å². The van der Waals surface area contributed by atoms with Gasteiger partial charge in [0.15, 0.2) is 0 Å². The highest BCUT2D eigenvalue weighted by atomic mass is 35.5. The third kappa shape index (κ3) is 4.97. The van der Waals surface area contributed by atoms with Crippen LogP contribution in [0.25, 0.3) is 0 Å². The Balaban J connectivity index is 1.67. The summed E-state index contributed by atoms with van der Waals surface area (Å²) in [6, 6.07) is 4.72. The van der Waals surface area contributed by atoms with Crippen molar-refractivity contribution in [2.75, 3.05) is 19.8 Å². The van der Waals surface area contributed by atoms with Crippen molar-refractivity contribution in [3.05, 3.63) is 28.8 Å². The third-order valence-corrected chi connectivity index (χ3v) is 5.80. The van der Waals surface area contributed by atoms with Gasteiger partial charge in [0.25, 0.3) is 0 Å². The van der Waals surface area contributed by atoms with Gasteiger partial charge < -0.3 is 19.5 Å². The topological polar surface area (TPSA) is 73.9 Å². The van der Waals surface area contributed by atoms with Crippen molar-refractivity contribution in [1.82, 2.24) is 5.32 Å². The standard InChI is InChI=1S/C21H28ClNO5/c1-3-26-20(24)17-8-6-15(22)11-19(17)28-16-7-5-13-12-23-18(10-14(13)9-16)21(25)27-4-2/h6,8,11,13-14,16,18,23H,3-5,7,9-10,12H2,1-2H3/t13?,14?,16-,18-/m0/s1. The Morgan fingerprint density at radius 2 is 1.89 bits per heavy atom. The molecule has 3 rings (SSSR count). The normalized spacial score (nSPS) is 26.8. The smallest absolute Gasteiger partial charge is 0.341 e. The minimum atomic E-state index is -0.410. The molecule has 1 N–H and O–H groups in total. The van der Waals surface area contributed by atoms with Crippen molar-refractivity contribution in [3.8, 4) is 5.75 Å². The summed E-state index contributed by atoms with van der Waals surface area (Å²) in [4.78, 5) is 24.3. The van der Waals surface area contributed by atoms with Crippen molar-refractivity contribution in [3.63, 3.8) is 0 Å². The van der Waals surface area contributed by atoms with Gasteiger partial charge in [-0.25, -0.2) is 4.79 Å². The Labute approximate surface area is 170 Å². The fraction of sp³-hybridized carbons (Fsp3) is 0.619. The maximum absolute atomic E-state index is 12.2. The number of fused-ring (bicyclic) bond motifs is 1. The lowest BCUT2D eigenvalue weighted by atomic mass is 9.72. The molecule has 0 radical (unpaired) electrons. The van der Waals surface area contributed by atoms with Crippen LogP contribution in [0.1, 0.15) is 49.9 Å². The fourth-order valence-electron chi connectivity index (χ4n) is 4.20. The van der Waals surface area contributed by atoms with Crippen LogP contribution in [-0.2, 0) is 14.3 Å². The van der Waals surface area contributed by atoms with Crippen molar-refractivity contribution < 1.29 is 23.8 Å². The predicted octanol–water partition coefficient (Wildman–Crippen LogP) is 3.61. The van der Waals surface area contributed by atoms with E-state index in [4.69, 9.17) is 25.8 Å². The fourth-order valence-corrected chi connectivity index (χ4v) is 4.36. The van der Waals surface area contributed by atoms with Crippen molar-refractivity contribution in [2.45, 2.75) is 51.7 Å². The molecule has 1 saturated heterocycles. The number of rotatable bonds is 6. The van der Waals surface area contributed by atoms with Crippen LogP contribution in [0.15, 0.2) is 18.2 Å². The average Bonchev–Trinajstić information content (AvgIpc) is 2.68. The summed E-state index contributed by atoms with van der Waals surface area (Å²) >= 11 is 6.12. The molecule has 6 nitrogen and oxygen atoms in total. The SMILES string of the molecule is CCOC(=O)c1ccc(Cl)cc1O[C@H]1CCC2CN[C@H](C(=O)OCC)CC2C1. The molecule has 1 aromatic rings. The Hall–Kier alpha value is -1.79. The summed E-state index contributed by atoms with van der Waals surface area (Å²) in [5, 5.41) is 3.83. The Morgan fingerprint density at radius 1 is 1.11 bits per heavy atom. The van der Waals surface area contributed by atoms with E-state index in [0.29, 0.717) is 41.4 Å². The first-order valence-corrected chi connectivity index (χ1v) is 10.4. The molecule has 2 aliphatic rings. The molecule has 1 heterocycles. The Kier molecular flexibility index (Phi) is 7.18. The number of hydrogen-bond acceptors (Lipinski definition) is 6. The summed E-state index contributed by atoms with van der Waals surface area (Å²) in [7, 11) is 0. The van der Waals surface area contributed by atoms with Crippen LogP contribution in [0.5, 0.6) is 5.75 Å². The van der Waals surface area contributed by atoms with Gasteiger partial charge in [0.05, 0.1) is 19.3 Å². The van der Waals surface area contributed by atoms with E-state index >= 15 is 0 Å². The van der Waals surface area contributed by atoms with Gasteiger partial charge in [-0.1, -0.05) is 11.6 Å². The van der Waals surface area contributed by atoms with E-state index < -0.39 is 5.97 Å². The second kappa shape index (κ2) is 9.61. The first-order valence-electron chi connectivity index (χ1n) is 10.0. The van der Waals surface area contributed by atoms with E-state index in [0.717, 1.165) is 32.2 Å². The van der Waals surface area contributed by atoms with Crippen molar-refractivity contribution >= 4 is 23.5 Å². The number of carbonyl (C=O) groups excluding carboxylic acids is 2. The number of benzene rings is 1. The van der Waals surface area contributed by atoms with Gasteiger partial charge in [0.1, 0.15) is 17.4 Å². The lowest BCUT2D eigenvalue weighted by Crippen LogP contribution is -2.51. The molecule has 2 fully saturated rings. The van der Waals surface area contributed by atoms with Crippen LogP contribution < -0.4 is 10.1 Å². The molecule has 1 saturated carbocycles. The van der Waals surface area contributed by atoms with Gasteiger partial charge in [-0.3, -0.25) is 4.79 Å². The number of hydrogen-bond donors (Lipinski definition) is 1. The molecule has 7 heteroatoms. The molecule has 154 valence electrons. The molecule has 1 aromatic carbocycles. The predicted molar refractivity (Wildman–Crippen MR) is 106 cm³/mol. The van der Waals surface area contributed by atoms with E-state index in [1.807, 2.05) is 6.92 Å². The van der Waals surface area contributed by atoms with E-state index in [1.54, 1.807) is 25.1 Å². The Bertz CT molecular complexity index is 710. The second-order valence-corrected chi connectivity index (χ2v) is 7.82. The third-order valence-electron chi connectivity index (χ3n) is 5.56. The molecule has 0 spiro atoms. The largest absolute Gasteiger partial charge is 0.489 e. The number of esters is 2. The van der Waals surface area contributed by atoms with Gasteiger partial charge >= 0.3 is 11.9 Å². The van der Waals surface area contributed by atoms with E-state index in [2.05, 4.69) is 5.32 Å². The van der Waals surface area contributed by atoms with Gasteiger partial charge in [-0.05, 0) is 76.1 Å². The van der Waals surface area contributed by atoms with E-state index in [-0.39, 0.29) is 18.1 Å². The first-order chi connectivity index (χ1) is 13.5. The van der Waals surface area contributed by atoms with Gasteiger partial charge in [-0.2, -0.15) is 0 Å². The minimum absolute atomic E-state index is 0.0196. The van der Waals surface area contributed by atoms with Crippen LogP contribution in [0, 0.1) is 11.8 Å². The number of ether oxygens (including phenoxy) is 3. The number of carbonyl (C=O) groups is 2. The zero-order chi connectivity index (χ0) is 20.1. The van der Waals surface area contributed by atoms with Crippen molar-refractivity contribution in [1.29, 1.82) is 0 Å². The van der Waals surface area contributed by atoms with Gasteiger partial charge in [-0.15, -0.1) is 0 Å². The quantitative estimate of drug-likeness (QED) is 0.723. The van der Waals surface area contributed by atoms with Crippen LogP contribution in [-0.4, -0.2) is 43.8 Å². The average molecular weight is 410 g/mol. The summed E-state index contributed by atoms with van der Waals surface area (Å²) in [5.74, 6) is 0.801. The molecule has 1 aliphatic carbocycles. The molecule has 28 heavy (non-hydrogen) atoms. The van der Waals surface area contributed by atoms with Crippen molar-refractivity contribution in [2.24, 2.45) is 11.8 Å². The molecule has 0 amide bonds. The summed E-state index contributed by atoms with van der Waals surface area (Å²) in [5.41, 5.74) is 0.392. The van der Waals surface area contributed by atoms with Gasteiger partial charge in [0.2, 0.25) is 0 Å². The molecule has 0 bridgehead atoms. The highest BCUT2D eigenvalue weighted by molar-refractivity contribution is 6.30. The lowest BCUT2D eigenvalue weighted by Gasteiger charge is -2.41. The first kappa shape index (κ1) is 20.9. The van der Waals surface area contributed by atoms with E-state index in [1.165, 1.54) is 0 Å². The summed E-state index contributed by atoms with van der Waals surface area (Å²) < 4.78 is 16.5. The maximum Gasteiger partial charge on any atom is 0.341 e. The Morgan fingerprint density at radius 3 is 2.64 bits per heavy atom. The van der Waals surface area contributed by atoms with Gasteiger partial charge in [0, 0.05) is 5.02 Å². The lowest BCUT2D eigenvalue weighted by molar-refractivity contribution is -0.147. The second-order valence-electron chi connectivity index (χ2n) is 7.38. The molecule has 4 atom stereocenters. The van der Waals surface area contributed by atoms with Crippen LogP contribution >= 0.6 is 11.6 Å². The number of nitrogens with one attached hydrogen (secondary N) is 1. The maximum atomic E-state index is 12.2. The molecular weight excluding hydrogens is 382 g/mol. The molecule has 2 unspecified atom stereocenters. The van der Waals surface area contributed by atoms with Crippen LogP contribution in [0.4, 0.5) is 0 Å². The highest BCUT2D eigenvalue weighted by Gasteiger charge is 2.39. The molecule has 1 aliphatic heterocycles. The zero-order valence-corrected chi connectivity index (χ0v) is 17.2. The number of piperidine rings is 1. The molecule has 0 aromatic heterocycles. The highest BCUT2D eigenvalue weighted by Crippen LogP contribution is 2.38. The molecular formula is C21H28ClNO5. The number of halogens is 1. The monoisotopic (exact) mass is 409 g/mol. The zero-order valence-electron chi connectivity index (χ0n) is 16.4. The van der Waals surface area contributed by atoms with E-state index in [9.17, 15) is 9.59 Å². The minimum Gasteiger partial charge on any atom is -0.489 e. The summed E-state index contributed by atoms with van der Waals surface area (Å²) in [6.45, 7) is 5.11. The van der Waals surface area contributed by atoms with Crippen LogP contribution in [0.2, 0.25) is 5.02 Å².